The lowest BCUT2D eigenvalue weighted by molar-refractivity contribution is -0.143. The Balaban J connectivity index is 1.93. The molecule has 1 aliphatic rings. The molecule has 0 aliphatic heterocycles. The summed E-state index contributed by atoms with van der Waals surface area (Å²) in [6.45, 7) is 0. The number of fused-ring (bicyclic) bond motifs is 1. The van der Waals surface area contributed by atoms with Crippen LogP contribution in [-0.4, -0.2) is 32.6 Å². The van der Waals surface area contributed by atoms with E-state index in [-0.39, 0.29) is 17.9 Å². The van der Waals surface area contributed by atoms with E-state index in [0.717, 1.165) is 0 Å². The van der Waals surface area contributed by atoms with E-state index in [4.69, 9.17) is 16.3 Å². The molecule has 0 amide bonds. The van der Waals surface area contributed by atoms with E-state index >= 15 is 0 Å². The van der Waals surface area contributed by atoms with Crippen LogP contribution in [0.25, 0.3) is 11.2 Å². The summed E-state index contributed by atoms with van der Waals surface area (Å²) in [5.74, 6) is -0.444. The minimum absolute atomic E-state index is 0.0278. The van der Waals surface area contributed by atoms with E-state index in [9.17, 15) is 4.79 Å². The van der Waals surface area contributed by atoms with Crippen molar-refractivity contribution in [2.24, 2.45) is 5.92 Å². The van der Waals surface area contributed by atoms with Gasteiger partial charge in [-0.1, -0.05) is 23.8 Å². The number of halogens is 1. The van der Waals surface area contributed by atoms with Crippen molar-refractivity contribution in [2.45, 2.75) is 12.5 Å². The Hall–Kier alpha value is -1.95. The van der Waals surface area contributed by atoms with Crippen LogP contribution in [-0.2, 0) is 9.53 Å². The molecule has 0 N–H and O–H groups in total. The van der Waals surface area contributed by atoms with Crippen LogP contribution in [0, 0.1) is 5.92 Å². The number of methoxy groups -OCH3 is 1. The van der Waals surface area contributed by atoms with E-state index < -0.39 is 0 Å². The second-order valence-corrected chi connectivity index (χ2v) is 4.66. The average Bonchev–Trinajstić information content (AvgIpc) is 3.04. The fourth-order valence-corrected chi connectivity index (χ4v) is 2.46. The molecule has 0 saturated carbocycles. The maximum atomic E-state index is 11.5. The first-order valence-corrected chi connectivity index (χ1v) is 6.17. The second-order valence-electron chi connectivity index (χ2n) is 4.31. The highest BCUT2D eigenvalue weighted by molar-refractivity contribution is 6.33. The monoisotopic (exact) mass is 278 g/mol. The summed E-state index contributed by atoms with van der Waals surface area (Å²) >= 11 is 5.96. The van der Waals surface area contributed by atoms with E-state index in [1.165, 1.54) is 13.4 Å². The predicted molar refractivity (Wildman–Crippen MR) is 68.6 cm³/mol. The number of allylic oxidation sites excluding steroid dienone is 1. The predicted octanol–water partition coefficient (Wildman–Crippen LogP) is 1.77. The molecule has 0 unspecified atom stereocenters. The van der Waals surface area contributed by atoms with Crippen molar-refractivity contribution in [3.8, 4) is 0 Å². The molecule has 2 aromatic rings. The summed E-state index contributed by atoms with van der Waals surface area (Å²) in [7, 11) is 1.39. The normalized spacial score (nSPS) is 22.0. The number of rotatable bonds is 2. The first-order chi connectivity index (χ1) is 9.20. The summed E-state index contributed by atoms with van der Waals surface area (Å²) < 4.78 is 6.64. The number of imidazole rings is 1. The minimum Gasteiger partial charge on any atom is -0.469 e. The molecule has 6 nitrogen and oxygen atoms in total. The van der Waals surface area contributed by atoms with Crippen molar-refractivity contribution in [3.05, 3.63) is 30.0 Å². The van der Waals surface area contributed by atoms with Crippen LogP contribution in [0.4, 0.5) is 0 Å². The minimum atomic E-state index is -0.226. The van der Waals surface area contributed by atoms with E-state index in [1.54, 1.807) is 6.33 Å². The molecule has 98 valence electrons. The Morgan fingerprint density at radius 2 is 2.26 bits per heavy atom. The summed E-state index contributed by atoms with van der Waals surface area (Å²) in [6, 6.07) is 0.0278. The molecule has 1 aliphatic carbocycles. The number of carbonyl (C=O) groups excluding carboxylic acids is 1. The van der Waals surface area contributed by atoms with Gasteiger partial charge in [-0.15, -0.1) is 0 Å². The SMILES string of the molecule is COC(=O)[C@H]1C=C[C@@H](n2cnc3c(Cl)ncnc32)C1. The van der Waals surface area contributed by atoms with Gasteiger partial charge in [0.25, 0.3) is 0 Å². The molecule has 3 rings (SSSR count). The molecule has 0 radical (unpaired) electrons. The van der Waals surface area contributed by atoms with Gasteiger partial charge in [0.15, 0.2) is 10.8 Å². The van der Waals surface area contributed by atoms with Gasteiger partial charge < -0.3 is 9.30 Å². The van der Waals surface area contributed by atoms with E-state index in [1.807, 2.05) is 16.7 Å². The quantitative estimate of drug-likeness (QED) is 0.476. The maximum absolute atomic E-state index is 11.5. The van der Waals surface area contributed by atoms with Crippen LogP contribution in [0.3, 0.4) is 0 Å². The van der Waals surface area contributed by atoms with Crippen molar-refractivity contribution in [1.29, 1.82) is 0 Å². The number of aromatic nitrogens is 4. The zero-order valence-electron chi connectivity index (χ0n) is 10.2. The number of ether oxygens (including phenoxy) is 1. The zero-order valence-corrected chi connectivity index (χ0v) is 10.9. The van der Waals surface area contributed by atoms with Crippen molar-refractivity contribution in [3.63, 3.8) is 0 Å². The largest absolute Gasteiger partial charge is 0.469 e. The highest BCUT2D eigenvalue weighted by atomic mass is 35.5. The number of esters is 1. The highest BCUT2D eigenvalue weighted by Gasteiger charge is 2.27. The Labute approximate surface area is 114 Å². The highest BCUT2D eigenvalue weighted by Crippen LogP contribution is 2.31. The average molecular weight is 279 g/mol. The topological polar surface area (TPSA) is 69.9 Å². The van der Waals surface area contributed by atoms with Crippen LogP contribution in [0.15, 0.2) is 24.8 Å². The molecule has 0 aromatic carbocycles. The van der Waals surface area contributed by atoms with Crippen molar-refractivity contribution >= 4 is 28.7 Å². The lowest BCUT2D eigenvalue weighted by Gasteiger charge is -2.12. The fraction of sp³-hybridized carbons (Fsp3) is 0.333. The molecule has 2 heterocycles. The maximum Gasteiger partial charge on any atom is 0.312 e. The molecule has 2 aromatic heterocycles. The van der Waals surface area contributed by atoms with Gasteiger partial charge in [0, 0.05) is 0 Å². The molecule has 2 atom stereocenters. The molecule has 0 spiro atoms. The third-order valence-electron chi connectivity index (χ3n) is 3.24. The van der Waals surface area contributed by atoms with E-state index in [2.05, 4.69) is 15.0 Å². The summed E-state index contributed by atoms with van der Waals surface area (Å²) in [6.07, 6.45) is 7.52. The van der Waals surface area contributed by atoms with Crippen LogP contribution >= 0.6 is 11.6 Å². The lowest BCUT2D eigenvalue weighted by Crippen LogP contribution is -2.14. The van der Waals surface area contributed by atoms with Gasteiger partial charge in [-0.25, -0.2) is 15.0 Å². The Morgan fingerprint density at radius 1 is 1.42 bits per heavy atom. The number of carbonyl (C=O) groups is 1. The summed E-state index contributed by atoms with van der Waals surface area (Å²) in [4.78, 5) is 23.8. The smallest absolute Gasteiger partial charge is 0.312 e. The van der Waals surface area contributed by atoms with Gasteiger partial charge in [0.1, 0.15) is 11.8 Å². The summed E-state index contributed by atoms with van der Waals surface area (Å²) in [5, 5.41) is 0.329. The van der Waals surface area contributed by atoms with Gasteiger partial charge in [-0.05, 0) is 6.42 Å². The van der Waals surface area contributed by atoms with Gasteiger partial charge in [-0.2, -0.15) is 0 Å². The van der Waals surface area contributed by atoms with Gasteiger partial charge in [0.2, 0.25) is 0 Å². The molecular weight excluding hydrogens is 268 g/mol. The van der Waals surface area contributed by atoms with Crippen molar-refractivity contribution in [2.75, 3.05) is 7.11 Å². The number of hydrogen-bond donors (Lipinski definition) is 0. The van der Waals surface area contributed by atoms with Crippen LogP contribution in [0.1, 0.15) is 12.5 Å². The third kappa shape index (κ3) is 1.98. The van der Waals surface area contributed by atoms with Crippen molar-refractivity contribution in [1.82, 2.24) is 19.5 Å². The Kier molecular flexibility index (Phi) is 2.94. The van der Waals surface area contributed by atoms with Crippen LogP contribution in [0.2, 0.25) is 5.15 Å². The molecule has 0 fully saturated rings. The molecule has 19 heavy (non-hydrogen) atoms. The van der Waals surface area contributed by atoms with Crippen molar-refractivity contribution < 1.29 is 9.53 Å². The first-order valence-electron chi connectivity index (χ1n) is 5.80. The van der Waals surface area contributed by atoms with Crippen LogP contribution < -0.4 is 0 Å². The lowest BCUT2D eigenvalue weighted by atomic mass is 10.1. The third-order valence-corrected chi connectivity index (χ3v) is 3.51. The fourth-order valence-electron chi connectivity index (χ4n) is 2.28. The van der Waals surface area contributed by atoms with E-state index in [0.29, 0.717) is 22.7 Å². The first kappa shape index (κ1) is 12.1. The standard InChI is InChI=1S/C12H11ClN4O2/c1-19-12(18)7-2-3-8(4-7)17-6-16-9-10(13)14-5-15-11(9)17/h2-3,5-8H,4H2,1H3/t7-,8+/m0/s1. The van der Waals surface area contributed by atoms with Gasteiger partial charge >= 0.3 is 5.97 Å². The molecule has 0 saturated heterocycles. The number of nitrogens with zero attached hydrogens (tertiary/aromatic N) is 4. The second kappa shape index (κ2) is 4.62. The Bertz CT molecular complexity index is 667. The van der Waals surface area contributed by atoms with Crippen LogP contribution in [0.5, 0.6) is 0 Å². The zero-order chi connectivity index (χ0) is 13.4. The molecular formula is C12H11ClN4O2. The molecule has 0 bridgehead atoms. The van der Waals surface area contributed by atoms with Gasteiger partial charge in [0.05, 0.1) is 25.4 Å². The molecule has 7 heteroatoms. The summed E-state index contributed by atoms with van der Waals surface area (Å²) in [5.41, 5.74) is 1.24. The van der Waals surface area contributed by atoms with Gasteiger partial charge in [-0.3, -0.25) is 4.79 Å². The number of hydrogen-bond acceptors (Lipinski definition) is 5. The Morgan fingerprint density at radius 3 is 3.05 bits per heavy atom.